The number of hydrogen-bond acceptors (Lipinski definition) is 12. The van der Waals surface area contributed by atoms with Crippen LogP contribution in [0, 0.1) is 0 Å². The molecule has 3 aromatic rings. The molecule has 1 atom stereocenters. The topological polar surface area (TPSA) is 145 Å². The Morgan fingerprint density at radius 2 is 1.75 bits per heavy atom. The van der Waals surface area contributed by atoms with E-state index in [9.17, 15) is 9.90 Å². The molecule has 14 nitrogen and oxygen atoms in total. The van der Waals surface area contributed by atoms with E-state index < -0.39 is 5.60 Å². The molecule has 1 amide bonds. The number of likely N-dealkylation sites (tertiary alicyclic amines) is 1. The number of aliphatic hydroxyl groups is 1. The first kappa shape index (κ1) is 38.5. The van der Waals surface area contributed by atoms with Crippen molar-refractivity contribution in [3.63, 3.8) is 0 Å². The minimum atomic E-state index is -0.483. The zero-order valence-electron chi connectivity index (χ0n) is 30.8. The van der Waals surface area contributed by atoms with Gasteiger partial charge in [-0.1, -0.05) is 13.0 Å². The fraction of sp³-hybridized carbons (Fsp3) is 0.676. The van der Waals surface area contributed by atoms with E-state index in [4.69, 9.17) is 28.7 Å². The predicted octanol–water partition coefficient (Wildman–Crippen LogP) is 4.87. The van der Waals surface area contributed by atoms with E-state index >= 15 is 0 Å². The largest absolute Gasteiger partial charge is 0.475 e. The summed E-state index contributed by atoms with van der Waals surface area (Å²) in [6, 6.07) is 6.22. The maximum Gasteiger partial charge on any atom is 0.410 e. The van der Waals surface area contributed by atoms with Crippen molar-refractivity contribution in [2.24, 2.45) is 0 Å². The highest BCUT2D eigenvalue weighted by Crippen LogP contribution is 2.29. The number of piperidine rings is 2. The lowest BCUT2D eigenvalue weighted by Gasteiger charge is -2.36. The van der Waals surface area contributed by atoms with Gasteiger partial charge in [0, 0.05) is 62.7 Å². The van der Waals surface area contributed by atoms with Crippen LogP contribution in [0.4, 0.5) is 16.4 Å². The number of anilines is 2. The number of aryl methyl sites for hydroxylation is 1. The van der Waals surface area contributed by atoms with Gasteiger partial charge in [0.25, 0.3) is 0 Å². The number of carbonyl (C=O) groups is 1. The molecule has 0 radical (unpaired) electrons. The van der Waals surface area contributed by atoms with Gasteiger partial charge in [0.05, 0.1) is 45.3 Å². The molecule has 2 fully saturated rings. The monoisotopic (exact) mass is 711 g/mol. The Kier molecular flexibility index (Phi) is 14.5. The highest BCUT2D eigenvalue weighted by atomic mass is 16.6. The second kappa shape index (κ2) is 19.2. The van der Waals surface area contributed by atoms with Gasteiger partial charge in [-0.2, -0.15) is 9.61 Å². The van der Waals surface area contributed by atoms with Gasteiger partial charge in [-0.05, 0) is 71.3 Å². The van der Waals surface area contributed by atoms with Gasteiger partial charge in [0.15, 0.2) is 5.65 Å². The van der Waals surface area contributed by atoms with Crippen LogP contribution < -0.4 is 15.0 Å². The van der Waals surface area contributed by atoms with E-state index in [2.05, 4.69) is 33.3 Å². The molecule has 2 aliphatic heterocycles. The summed E-state index contributed by atoms with van der Waals surface area (Å²) in [7, 11) is 0. The average molecular weight is 712 g/mol. The number of carbonyl (C=O) groups excluding carboxylic acids is 1. The zero-order chi connectivity index (χ0) is 36.1. The lowest BCUT2D eigenvalue weighted by Crippen LogP contribution is -2.43. The normalized spacial score (nSPS) is 17.2. The number of aromatic nitrogens is 4. The Morgan fingerprint density at radius 1 is 0.980 bits per heavy atom. The molecule has 1 unspecified atom stereocenters. The van der Waals surface area contributed by atoms with Gasteiger partial charge >= 0.3 is 6.09 Å². The first-order chi connectivity index (χ1) is 24.7. The number of amides is 1. The number of ether oxygens (including phenoxy) is 5. The second-order valence-electron chi connectivity index (χ2n) is 14.1. The van der Waals surface area contributed by atoms with Crippen LogP contribution in [0.3, 0.4) is 0 Å². The smallest absolute Gasteiger partial charge is 0.410 e. The minimum absolute atomic E-state index is 0.132. The van der Waals surface area contributed by atoms with Crippen molar-refractivity contribution in [3.05, 3.63) is 41.7 Å². The molecule has 5 heterocycles. The van der Waals surface area contributed by atoms with Crippen LogP contribution in [0.5, 0.6) is 5.88 Å². The lowest BCUT2D eigenvalue weighted by atomic mass is 9.99. The lowest BCUT2D eigenvalue weighted by molar-refractivity contribution is -0.0364. The third-order valence-electron chi connectivity index (χ3n) is 9.09. The summed E-state index contributed by atoms with van der Waals surface area (Å²) in [5.74, 6) is 2.34. The third kappa shape index (κ3) is 11.6. The number of nitrogens with zero attached hydrogens (tertiary/aromatic N) is 6. The highest BCUT2D eigenvalue weighted by molar-refractivity contribution is 5.68. The van der Waals surface area contributed by atoms with Crippen LogP contribution in [0.25, 0.3) is 5.65 Å². The molecule has 0 spiro atoms. The van der Waals surface area contributed by atoms with Crippen LogP contribution in [-0.4, -0.2) is 119 Å². The van der Waals surface area contributed by atoms with Gasteiger partial charge in [-0.15, -0.1) is 0 Å². The quantitative estimate of drug-likeness (QED) is 0.174. The number of pyridine rings is 1. The fourth-order valence-electron chi connectivity index (χ4n) is 6.40. The summed E-state index contributed by atoms with van der Waals surface area (Å²) in [4.78, 5) is 25.8. The number of hydrogen-bond donors (Lipinski definition) is 2. The molecular weight excluding hydrogens is 654 g/mol. The number of aliphatic hydroxyl groups excluding tert-OH is 1. The maximum atomic E-state index is 12.2. The summed E-state index contributed by atoms with van der Waals surface area (Å²) < 4.78 is 30.3. The average Bonchev–Trinajstić information content (AvgIpc) is 3.55. The Morgan fingerprint density at radius 3 is 2.45 bits per heavy atom. The van der Waals surface area contributed by atoms with Crippen LogP contribution in [0.1, 0.15) is 77.3 Å². The molecule has 2 N–H and O–H groups in total. The second-order valence-corrected chi connectivity index (χ2v) is 14.1. The third-order valence-corrected chi connectivity index (χ3v) is 9.09. The molecule has 0 aromatic carbocycles. The van der Waals surface area contributed by atoms with Gasteiger partial charge in [-0.25, -0.2) is 14.8 Å². The molecule has 0 aliphatic carbocycles. The number of fused-ring (bicyclic) bond motifs is 1. The number of rotatable bonds is 18. The molecule has 2 saturated heterocycles. The highest BCUT2D eigenvalue weighted by Gasteiger charge is 2.27. The predicted molar refractivity (Wildman–Crippen MR) is 195 cm³/mol. The number of nitrogens with one attached hydrogen (secondary N) is 1. The first-order valence-corrected chi connectivity index (χ1v) is 18.6. The summed E-state index contributed by atoms with van der Waals surface area (Å²) >= 11 is 0. The minimum Gasteiger partial charge on any atom is -0.475 e. The summed E-state index contributed by atoms with van der Waals surface area (Å²) in [6.07, 6.45) is 10.1. The molecule has 2 aliphatic rings. The Labute approximate surface area is 301 Å². The van der Waals surface area contributed by atoms with Gasteiger partial charge in [-0.3, -0.25) is 0 Å². The van der Waals surface area contributed by atoms with Crippen molar-refractivity contribution in [3.8, 4) is 5.88 Å². The van der Waals surface area contributed by atoms with Gasteiger partial charge < -0.3 is 43.9 Å². The standard InChI is InChI=1S/C37H57N7O7/c1-5-29-27-40-44-32(24-33(41-35(29)44)43-14-7-6-8-30(43)13-17-45)38-25-28-9-10-34(39-26-28)50-23-21-48-19-18-47-20-22-49-31-11-15-42(16-12-31)36(46)51-37(2,3)4/h9-10,24,26-27,30-31,38,45H,5-8,11-23,25H2,1-4H3. The van der Waals surface area contributed by atoms with E-state index in [1.807, 2.05) is 49.8 Å². The first-order valence-electron chi connectivity index (χ1n) is 18.6. The van der Waals surface area contributed by atoms with E-state index in [1.165, 1.54) is 6.42 Å². The van der Waals surface area contributed by atoms with Crippen molar-refractivity contribution in [2.75, 3.05) is 76.1 Å². The fourth-order valence-corrected chi connectivity index (χ4v) is 6.40. The Balaban J connectivity index is 0.959. The maximum absolute atomic E-state index is 12.2. The molecule has 5 rings (SSSR count). The van der Waals surface area contributed by atoms with Crippen LogP contribution >= 0.6 is 0 Å². The van der Waals surface area contributed by atoms with E-state index in [0.29, 0.717) is 65.2 Å². The summed E-state index contributed by atoms with van der Waals surface area (Å²) in [5.41, 5.74) is 2.49. The summed E-state index contributed by atoms with van der Waals surface area (Å²) in [5, 5.41) is 17.8. The van der Waals surface area contributed by atoms with Crippen molar-refractivity contribution >= 4 is 23.4 Å². The van der Waals surface area contributed by atoms with Crippen LogP contribution in [0.2, 0.25) is 0 Å². The van der Waals surface area contributed by atoms with E-state index in [1.54, 1.807) is 4.90 Å². The van der Waals surface area contributed by atoms with Crippen molar-refractivity contribution in [1.29, 1.82) is 0 Å². The van der Waals surface area contributed by atoms with Crippen molar-refractivity contribution < 1.29 is 33.6 Å². The van der Waals surface area contributed by atoms with Crippen LogP contribution in [-0.2, 0) is 31.9 Å². The van der Waals surface area contributed by atoms with Gasteiger partial charge in [0.2, 0.25) is 5.88 Å². The molecule has 14 heteroatoms. The van der Waals surface area contributed by atoms with E-state index in [0.717, 1.165) is 73.5 Å². The Bertz CT molecular complexity index is 1490. The molecule has 0 bridgehead atoms. The zero-order valence-corrected chi connectivity index (χ0v) is 30.8. The molecule has 0 saturated carbocycles. The van der Waals surface area contributed by atoms with Gasteiger partial charge in [0.1, 0.15) is 23.8 Å². The molecule has 282 valence electrons. The summed E-state index contributed by atoms with van der Waals surface area (Å²) in [6.45, 7) is 13.5. The van der Waals surface area contributed by atoms with Crippen molar-refractivity contribution in [2.45, 2.75) is 96.9 Å². The molecular formula is C37H57N7O7. The Hall–Kier alpha value is -3.72. The molecule has 51 heavy (non-hydrogen) atoms. The molecule has 3 aromatic heterocycles. The SMILES string of the molecule is CCc1cnn2c(NCc3ccc(OCCOCCOCCOC4CCN(C(=O)OC(C)(C)C)CC4)nc3)cc(N3CCCCC3CCO)nc12. The van der Waals surface area contributed by atoms with Crippen LogP contribution in [0.15, 0.2) is 30.6 Å². The van der Waals surface area contributed by atoms with Crippen molar-refractivity contribution in [1.82, 2.24) is 24.5 Å². The van der Waals surface area contributed by atoms with E-state index in [-0.39, 0.29) is 24.8 Å².